The maximum Gasteiger partial charge on any atom is 0.266 e. The number of halogens is 2. The van der Waals surface area contributed by atoms with E-state index in [1.165, 1.54) is 5.56 Å². The Balaban J connectivity index is 1.77. The van der Waals surface area contributed by atoms with Crippen LogP contribution in [0, 0.1) is 0 Å². The molecule has 0 aliphatic carbocycles. The number of likely N-dealkylation sites (tertiary alicyclic amines) is 1. The van der Waals surface area contributed by atoms with Crippen LogP contribution in [0.3, 0.4) is 0 Å². The van der Waals surface area contributed by atoms with Crippen LogP contribution in [0.1, 0.15) is 18.4 Å². The summed E-state index contributed by atoms with van der Waals surface area (Å²) < 4.78 is 25.2. The Morgan fingerprint density at radius 2 is 1.78 bits per heavy atom. The van der Waals surface area contributed by atoms with Crippen LogP contribution in [-0.2, 0) is 6.42 Å². The van der Waals surface area contributed by atoms with Gasteiger partial charge in [0.2, 0.25) is 0 Å². The molecule has 1 aromatic carbocycles. The minimum Gasteiger partial charge on any atom is -0.384 e. The Kier molecular flexibility index (Phi) is 4.30. The van der Waals surface area contributed by atoms with Crippen LogP contribution in [0.25, 0.3) is 0 Å². The first kappa shape index (κ1) is 13.4. The van der Waals surface area contributed by atoms with Gasteiger partial charge in [0.05, 0.1) is 0 Å². The summed E-state index contributed by atoms with van der Waals surface area (Å²) in [5, 5.41) is 9.67. The Bertz CT molecular complexity index is 361. The van der Waals surface area contributed by atoms with Gasteiger partial charge < -0.3 is 10.0 Å². The van der Waals surface area contributed by atoms with Gasteiger partial charge in [-0.15, -0.1) is 0 Å². The van der Waals surface area contributed by atoms with E-state index in [1.54, 1.807) is 0 Å². The summed E-state index contributed by atoms with van der Waals surface area (Å²) in [6, 6.07) is 10.1. The SMILES string of the molecule is OC1(C(F)F)CCN(CCc2ccccc2)CC1. The van der Waals surface area contributed by atoms with Gasteiger partial charge in [-0.25, -0.2) is 8.78 Å². The van der Waals surface area contributed by atoms with E-state index < -0.39 is 12.0 Å². The molecule has 1 heterocycles. The Morgan fingerprint density at radius 1 is 1.17 bits per heavy atom. The molecule has 2 nitrogen and oxygen atoms in total. The lowest BCUT2D eigenvalue weighted by molar-refractivity contribution is -0.126. The second kappa shape index (κ2) is 5.76. The van der Waals surface area contributed by atoms with Crippen LogP contribution in [0.2, 0.25) is 0 Å². The molecule has 0 aromatic heterocycles. The van der Waals surface area contributed by atoms with Crippen LogP contribution in [0.4, 0.5) is 8.78 Å². The number of aliphatic hydroxyl groups is 1. The Labute approximate surface area is 106 Å². The van der Waals surface area contributed by atoms with Crippen molar-refractivity contribution in [1.82, 2.24) is 4.90 Å². The molecule has 2 rings (SSSR count). The van der Waals surface area contributed by atoms with Gasteiger partial charge in [-0.3, -0.25) is 0 Å². The first-order chi connectivity index (χ1) is 8.60. The summed E-state index contributed by atoms with van der Waals surface area (Å²) in [4.78, 5) is 2.14. The van der Waals surface area contributed by atoms with Crippen molar-refractivity contribution in [1.29, 1.82) is 0 Å². The minimum atomic E-state index is -2.63. The lowest BCUT2D eigenvalue weighted by atomic mass is 9.92. The van der Waals surface area contributed by atoms with Crippen molar-refractivity contribution in [3.8, 4) is 0 Å². The topological polar surface area (TPSA) is 23.5 Å². The average molecular weight is 255 g/mol. The molecule has 0 spiro atoms. The van der Waals surface area contributed by atoms with Gasteiger partial charge in [0.25, 0.3) is 6.43 Å². The summed E-state index contributed by atoms with van der Waals surface area (Å²) in [7, 11) is 0. The predicted molar refractivity (Wildman–Crippen MR) is 66.8 cm³/mol. The molecule has 0 unspecified atom stereocenters. The fraction of sp³-hybridized carbons (Fsp3) is 0.571. The van der Waals surface area contributed by atoms with Crippen LogP contribution in [0.5, 0.6) is 0 Å². The second-order valence-electron chi connectivity index (χ2n) is 4.98. The van der Waals surface area contributed by atoms with Gasteiger partial charge in [-0.1, -0.05) is 30.3 Å². The summed E-state index contributed by atoms with van der Waals surface area (Å²) in [6.07, 6.45) is -1.37. The van der Waals surface area contributed by atoms with Crippen molar-refractivity contribution < 1.29 is 13.9 Å². The van der Waals surface area contributed by atoms with Crippen molar-refractivity contribution in [3.63, 3.8) is 0 Å². The largest absolute Gasteiger partial charge is 0.384 e. The van der Waals surface area contributed by atoms with Crippen molar-refractivity contribution >= 4 is 0 Å². The highest BCUT2D eigenvalue weighted by Crippen LogP contribution is 2.28. The molecule has 1 saturated heterocycles. The normalized spacial score (nSPS) is 20.2. The van der Waals surface area contributed by atoms with Crippen molar-refractivity contribution in [2.75, 3.05) is 19.6 Å². The third kappa shape index (κ3) is 3.27. The number of nitrogens with zero attached hydrogens (tertiary/aromatic N) is 1. The molecular weight excluding hydrogens is 236 g/mol. The zero-order chi connectivity index (χ0) is 13.0. The average Bonchev–Trinajstić information content (AvgIpc) is 2.39. The third-order valence-electron chi connectivity index (χ3n) is 3.69. The molecule has 0 bridgehead atoms. The van der Waals surface area contributed by atoms with Crippen molar-refractivity contribution in [3.05, 3.63) is 35.9 Å². The van der Waals surface area contributed by atoms with E-state index in [1.807, 2.05) is 18.2 Å². The molecule has 0 radical (unpaired) electrons. The van der Waals surface area contributed by atoms with Gasteiger partial charge in [-0.2, -0.15) is 0 Å². The molecular formula is C14H19F2NO. The molecule has 1 aliphatic rings. The first-order valence-corrected chi connectivity index (χ1v) is 6.37. The van der Waals surface area contributed by atoms with Crippen LogP contribution in [-0.4, -0.2) is 41.7 Å². The Hall–Kier alpha value is -1.00. The summed E-state index contributed by atoms with van der Waals surface area (Å²) in [6.45, 7) is 1.96. The molecule has 0 atom stereocenters. The van der Waals surface area contributed by atoms with E-state index in [0.29, 0.717) is 13.1 Å². The molecule has 100 valence electrons. The van der Waals surface area contributed by atoms with Gasteiger partial charge in [0.1, 0.15) is 5.60 Å². The number of hydrogen-bond donors (Lipinski definition) is 1. The predicted octanol–water partition coefficient (Wildman–Crippen LogP) is 2.32. The lowest BCUT2D eigenvalue weighted by Gasteiger charge is -2.37. The van der Waals surface area contributed by atoms with Crippen molar-refractivity contribution in [2.45, 2.75) is 31.3 Å². The number of benzene rings is 1. The smallest absolute Gasteiger partial charge is 0.266 e. The van der Waals surface area contributed by atoms with Gasteiger partial charge in [0.15, 0.2) is 0 Å². The third-order valence-corrected chi connectivity index (χ3v) is 3.69. The molecule has 1 fully saturated rings. The van der Waals surface area contributed by atoms with Crippen molar-refractivity contribution in [2.24, 2.45) is 0 Å². The number of alkyl halides is 2. The fourth-order valence-corrected chi connectivity index (χ4v) is 2.31. The molecule has 4 heteroatoms. The number of hydrogen-bond acceptors (Lipinski definition) is 2. The molecule has 0 saturated carbocycles. The van der Waals surface area contributed by atoms with Crippen LogP contribution < -0.4 is 0 Å². The number of piperidine rings is 1. The molecule has 1 aliphatic heterocycles. The highest BCUT2D eigenvalue weighted by molar-refractivity contribution is 5.14. The maximum atomic E-state index is 12.6. The van der Waals surface area contributed by atoms with Gasteiger partial charge >= 0.3 is 0 Å². The zero-order valence-electron chi connectivity index (χ0n) is 10.4. The van der Waals surface area contributed by atoms with E-state index in [9.17, 15) is 13.9 Å². The molecule has 0 amide bonds. The van der Waals surface area contributed by atoms with E-state index >= 15 is 0 Å². The molecule has 1 N–H and O–H groups in total. The highest BCUT2D eigenvalue weighted by Gasteiger charge is 2.40. The zero-order valence-corrected chi connectivity index (χ0v) is 10.4. The lowest BCUT2D eigenvalue weighted by Crippen LogP contribution is -2.49. The summed E-state index contributed by atoms with van der Waals surface area (Å²) in [5.41, 5.74) is -0.504. The van der Waals surface area contributed by atoms with E-state index in [0.717, 1.165) is 13.0 Å². The summed E-state index contributed by atoms with van der Waals surface area (Å²) >= 11 is 0. The first-order valence-electron chi connectivity index (χ1n) is 6.37. The van der Waals surface area contributed by atoms with E-state index in [-0.39, 0.29) is 12.8 Å². The maximum absolute atomic E-state index is 12.6. The fourth-order valence-electron chi connectivity index (χ4n) is 2.31. The molecule has 1 aromatic rings. The second-order valence-corrected chi connectivity index (χ2v) is 4.98. The minimum absolute atomic E-state index is 0.166. The van der Waals surface area contributed by atoms with E-state index in [2.05, 4.69) is 17.0 Å². The Morgan fingerprint density at radius 3 is 2.33 bits per heavy atom. The van der Waals surface area contributed by atoms with E-state index in [4.69, 9.17) is 0 Å². The quantitative estimate of drug-likeness (QED) is 0.892. The van der Waals surface area contributed by atoms with Gasteiger partial charge in [-0.05, 0) is 24.8 Å². The highest BCUT2D eigenvalue weighted by atomic mass is 19.3. The van der Waals surface area contributed by atoms with Gasteiger partial charge in [0, 0.05) is 19.6 Å². The summed E-state index contributed by atoms with van der Waals surface area (Å²) in [5.74, 6) is 0. The number of rotatable bonds is 4. The van der Waals surface area contributed by atoms with Crippen LogP contribution in [0.15, 0.2) is 30.3 Å². The monoisotopic (exact) mass is 255 g/mol. The standard InChI is InChI=1S/C14H19F2NO/c15-13(16)14(18)7-10-17(11-8-14)9-6-12-4-2-1-3-5-12/h1-5,13,18H,6-11H2. The molecule has 18 heavy (non-hydrogen) atoms. The van der Waals surface area contributed by atoms with Crippen LogP contribution >= 0.6 is 0 Å².